The van der Waals surface area contributed by atoms with Crippen molar-refractivity contribution in [3.8, 4) is 21.8 Å². The molecule has 0 saturated carbocycles. The summed E-state index contributed by atoms with van der Waals surface area (Å²) in [6, 6.07) is 13.1. The number of aromatic nitrogens is 4. The monoisotopic (exact) mass is 732 g/mol. The summed E-state index contributed by atoms with van der Waals surface area (Å²) in [7, 11) is 0. The van der Waals surface area contributed by atoms with Crippen molar-refractivity contribution in [1.29, 1.82) is 0 Å². The van der Waals surface area contributed by atoms with E-state index in [9.17, 15) is 24.9 Å². The molecule has 2 aliphatic heterocycles. The van der Waals surface area contributed by atoms with Gasteiger partial charge in [-0.05, 0) is 95.1 Å². The summed E-state index contributed by atoms with van der Waals surface area (Å²) in [4.78, 5) is 38.8. The van der Waals surface area contributed by atoms with E-state index in [0.29, 0.717) is 55.1 Å². The number of carboxylic acid groups (broad SMARTS) is 1. The number of hydrogen-bond acceptors (Lipinski definition) is 10. The van der Waals surface area contributed by atoms with Gasteiger partial charge >= 0.3 is 5.97 Å². The zero-order valence-electron chi connectivity index (χ0n) is 29.1. The number of hydrogen-bond donors (Lipinski definition) is 3. The minimum Gasteiger partial charge on any atom is -0.479 e. The van der Waals surface area contributed by atoms with Gasteiger partial charge < -0.3 is 25.0 Å². The van der Waals surface area contributed by atoms with Gasteiger partial charge in [-0.15, -0.1) is 11.3 Å². The van der Waals surface area contributed by atoms with E-state index in [0.717, 1.165) is 54.8 Å². The van der Waals surface area contributed by atoms with Gasteiger partial charge in [-0.1, -0.05) is 23.7 Å². The number of amides is 1. The number of piperidine rings is 1. The first kappa shape index (κ1) is 35.4. The molecule has 2 aliphatic rings. The van der Waals surface area contributed by atoms with Gasteiger partial charge in [-0.25, -0.2) is 19.4 Å². The summed E-state index contributed by atoms with van der Waals surface area (Å²) < 4.78 is 8.13. The standard InChI is InChI=1S/C37H41ClN6O6S/c1-19-16-26-33(29(21-6-8-23(38)9-7-21)28(19)32(35(46)47)50-37(3,4)5)51-34(40-26)25-10-11-27-31(39-25)30(41-44(27)36(48)49)22-12-14-42(15-13-22)24-17-43(18-24)20(2)45/h6-11,16,22,24,32,36,48-49H,12-15,17-18H2,1-5H3,(H,46,47)/t32-/m0/s1. The Morgan fingerprint density at radius 2 is 1.73 bits per heavy atom. The van der Waals surface area contributed by atoms with E-state index in [1.54, 1.807) is 31.2 Å². The van der Waals surface area contributed by atoms with Crippen LogP contribution in [0.4, 0.5) is 0 Å². The number of thiazole rings is 1. The number of aliphatic hydroxyl groups is 2. The first-order valence-corrected chi connectivity index (χ1v) is 18.2. The maximum atomic E-state index is 12.7. The third-order valence-electron chi connectivity index (χ3n) is 9.78. The van der Waals surface area contributed by atoms with E-state index in [1.807, 2.05) is 50.8 Å². The molecule has 1 amide bonds. The molecule has 2 saturated heterocycles. The Labute approximate surface area is 304 Å². The van der Waals surface area contributed by atoms with E-state index >= 15 is 0 Å². The van der Waals surface area contributed by atoms with Crippen LogP contribution in [0.3, 0.4) is 0 Å². The normalized spacial score (nSPS) is 17.1. The second-order valence-corrected chi connectivity index (χ2v) is 15.9. The molecule has 0 spiro atoms. The summed E-state index contributed by atoms with van der Waals surface area (Å²) in [5.41, 5.74) is 5.14. The lowest BCUT2D eigenvalue weighted by atomic mass is 9.91. The van der Waals surface area contributed by atoms with Crippen LogP contribution in [0.5, 0.6) is 0 Å². The van der Waals surface area contributed by atoms with E-state index in [-0.39, 0.29) is 11.8 Å². The molecule has 12 nitrogen and oxygen atoms in total. The summed E-state index contributed by atoms with van der Waals surface area (Å²) >= 11 is 7.67. The Hall–Kier alpha value is -3.98. The van der Waals surface area contributed by atoms with Gasteiger partial charge in [0, 0.05) is 48.1 Å². The SMILES string of the molecule is CC(=O)N1CC(N2CCC(c3nn(C(O)O)c4ccc(-c5nc6cc(C)c([C@H](OC(C)(C)C)C(=O)O)c(-c7ccc(Cl)cc7)c6s5)nc34)CC2)C1. The van der Waals surface area contributed by atoms with Crippen LogP contribution in [0.15, 0.2) is 42.5 Å². The average molecular weight is 733 g/mol. The molecule has 268 valence electrons. The minimum atomic E-state index is -1.83. The van der Waals surface area contributed by atoms with Crippen LogP contribution in [0.25, 0.3) is 43.1 Å². The molecule has 2 aromatic carbocycles. The second-order valence-electron chi connectivity index (χ2n) is 14.4. The molecule has 5 aromatic rings. The Morgan fingerprint density at radius 1 is 1.04 bits per heavy atom. The quantitative estimate of drug-likeness (QED) is 0.159. The predicted octanol–water partition coefficient (Wildman–Crippen LogP) is 6.13. The van der Waals surface area contributed by atoms with Crippen molar-refractivity contribution >= 4 is 56.1 Å². The molecule has 3 N–H and O–H groups in total. The third-order valence-corrected chi connectivity index (χ3v) is 11.1. The van der Waals surface area contributed by atoms with E-state index < -0.39 is 24.1 Å². The molecular formula is C37H41ClN6O6S. The highest BCUT2D eigenvalue weighted by atomic mass is 35.5. The van der Waals surface area contributed by atoms with Gasteiger partial charge in [0.25, 0.3) is 6.41 Å². The third kappa shape index (κ3) is 6.86. The number of aryl methyl sites for hydroxylation is 1. The highest BCUT2D eigenvalue weighted by Gasteiger charge is 2.37. The molecule has 7 rings (SSSR count). The maximum absolute atomic E-state index is 12.7. The largest absolute Gasteiger partial charge is 0.479 e. The van der Waals surface area contributed by atoms with Crippen molar-refractivity contribution in [3.05, 3.63) is 64.3 Å². The fourth-order valence-electron chi connectivity index (χ4n) is 7.24. The second kappa shape index (κ2) is 13.5. The first-order chi connectivity index (χ1) is 24.2. The van der Waals surface area contributed by atoms with Crippen LogP contribution in [0.1, 0.15) is 75.8 Å². The Kier molecular flexibility index (Phi) is 9.40. The summed E-state index contributed by atoms with van der Waals surface area (Å²) in [6.45, 7) is 12.2. The molecule has 2 fully saturated rings. The maximum Gasteiger partial charge on any atom is 0.337 e. The topological polar surface area (TPSA) is 154 Å². The fourth-order valence-corrected chi connectivity index (χ4v) is 8.46. The molecule has 0 bridgehead atoms. The summed E-state index contributed by atoms with van der Waals surface area (Å²) in [6.07, 6.45) is -1.41. The highest BCUT2D eigenvalue weighted by Crippen LogP contribution is 2.45. The predicted molar refractivity (Wildman–Crippen MR) is 196 cm³/mol. The number of carbonyl (C=O) groups is 2. The van der Waals surface area contributed by atoms with Gasteiger partial charge in [0.1, 0.15) is 10.5 Å². The number of ether oxygens (including phenoxy) is 1. The zero-order chi connectivity index (χ0) is 36.4. The van der Waals surface area contributed by atoms with Crippen LogP contribution >= 0.6 is 22.9 Å². The van der Waals surface area contributed by atoms with Gasteiger partial charge in [-0.3, -0.25) is 9.69 Å². The van der Waals surface area contributed by atoms with Crippen molar-refractivity contribution in [2.75, 3.05) is 26.2 Å². The minimum absolute atomic E-state index is 0.0586. The first-order valence-electron chi connectivity index (χ1n) is 17.0. The smallest absolute Gasteiger partial charge is 0.337 e. The Morgan fingerprint density at radius 3 is 2.33 bits per heavy atom. The molecular weight excluding hydrogens is 692 g/mol. The van der Waals surface area contributed by atoms with Crippen LogP contribution in [-0.4, -0.2) is 94.6 Å². The van der Waals surface area contributed by atoms with Crippen LogP contribution in [-0.2, 0) is 14.3 Å². The number of benzene rings is 2. The fraction of sp³-hybridized carbons (Fsp3) is 0.432. The lowest BCUT2D eigenvalue weighted by molar-refractivity contribution is -0.160. The molecule has 0 unspecified atom stereocenters. The number of aliphatic hydroxyl groups excluding tert-OH is 1. The number of fused-ring (bicyclic) bond motifs is 2. The number of aliphatic carboxylic acids is 1. The van der Waals surface area contributed by atoms with Crippen molar-refractivity contribution in [2.45, 2.75) is 77.5 Å². The molecule has 0 aliphatic carbocycles. The molecule has 14 heteroatoms. The van der Waals surface area contributed by atoms with Crippen molar-refractivity contribution < 1.29 is 29.6 Å². The molecule has 3 aromatic heterocycles. The van der Waals surface area contributed by atoms with E-state index in [2.05, 4.69) is 10.00 Å². The number of pyridine rings is 1. The molecule has 51 heavy (non-hydrogen) atoms. The number of carboxylic acids is 1. The van der Waals surface area contributed by atoms with E-state index in [4.69, 9.17) is 26.3 Å². The van der Waals surface area contributed by atoms with Gasteiger partial charge in [0.2, 0.25) is 5.91 Å². The average Bonchev–Trinajstić information content (AvgIpc) is 3.64. The van der Waals surface area contributed by atoms with Gasteiger partial charge in [0.05, 0.1) is 32.7 Å². The molecule has 5 heterocycles. The number of carbonyl (C=O) groups excluding carboxylic acids is 1. The zero-order valence-corrected chi connectivity index (χ0v) is 30.7. The number of rotatable bonds is 8. The summed E-state index contributed by atoms with van der Waals surface area (Å²) in [5.74, 6) is -0.929. The lowest BCUT2D eigenvalue weighted by Gasteiger charge is -2.47. The number of likely N-dealkylation sites (tertiary alicyclic amines) is 2. The molecule has 1 atom stereocenters. The van der Waals surface area contributed by atoms with Crippen LogP contribution < -0.4 is 0 Å². The van der Waals surface area contributed by atoms with Crippen molar-refractivity contribution in [1.82, 2.24) is 29.5 Å². The number of nitrogens with zero attached hydrogens (tertiary/aromatic N) is 6. The Balaban J connectivity index is 1.29. The lowest BCUT2D eigenvalue weighted by Crippen LogP contribution is -2.61. The van der Waals surface area contributed by atoms with Gasteiger partial charge in [-0.2, -0.15) is 5.10 Å². The highest BCUT2D eigenvalue weighted by molar-refractivity contribution is 7.22. The molecule has 0 radical (unpaired) electrons. The van der Waals surface area contributed by atoms with Crippen LogP contribution in [0.2, 0.25) is 5.02 Å². The van der Waals surface area contributed by atoms with Gasteiger partial charge in [0.15, 0.2) is 6.10 Å². The summed E-state index contributed by atoms with van der Waals surface area (Å²) in [5, 5.41) is 36.7. The van der Waals surface area contributed by atoms with Crippen LogP contribution in [0, 0.1) is 6.92 Å². The number of halogens is 1. The Bertz CT molecular complexity index is 2130. The van der Waals surface area contributed by atoms with E-state index in [1.165, 1.54) is 16.0 Å². The van der Waals surface area contributed by atoms with Crippen molar-refractivity contribution in [2.24, 2.45) is 0 Å². The van der Waals surface area contributed by atoms with Crippen molar-refractivity contribution in [3.63, 3.8) is 0 Å².